The van der Waals surface area contributed by atoms with E-state index in [4.69, 9.17) is 5.73 Å². The van der Waals surface area contributed by atoms with E-state index in [-0.39, 0.29) is 18.2 Å². The van der Waals surface area contributed by atoms with Gasteiger partial charge in [-0.3, -0.25) is 9.59 Å². The third kappa shape index (κ3) is 2.27. The van der Waals surface area contributed by atoms with Crippen LogP contribution in [0, 0.1) is 19.8 Å². The van der Waals surface area contributed by atoms with Gasteiger partial charge in [0.15, 0.2) is 0 Å². The molecule has 0 saturated carbocycles. The van der Waals surface area contributed by atoms with Gasteiger partial charge in [0.05, 0.1) is 5.92 Å². The molecule has 2 amide bonds. The summed E-state index contributed by atoms with van der Waals surface area (Å²) in [5.74, 6) is -0.829. The van der Waals surface area contributed by atoms with E-state index < -0.39 is 5.91 Å². The zero-order valence-corrected chi connectivity index (χ0v) is 12.0. The Labute approximate surface area is 114 Å². The largest absolute Gasteiger partial charge is 0.369 e. The molecular formula is C13H15BrN2O2. The number of amides is 2. The summed E-state index contributed by atoms with van der Waals surface area (Å²) in [6.45, 7) is 4.34. The van der Waals surface area contributed by atoms with Crippen molar-refractivity contribution in [1.82, 2.24) is 0 Å². The maximum absolute atomic E-state index is 11.9. The van der Waals surface area contributed by atoms with E-state index >= 15 is 0 Å². The number of benzene rings is 1. The van der Waals surface area contributed by atoms with Gasteiger partial charge in [-0.05, 0) is 31.0 Å². The number of aryl methyl sites for hydroxylation is 2. The summed E-state index contributed by atoms with van der Waals surface area (Å²) >= 11 is 3.46. The highest BCUT2D eigenvalue weighted by atomic mass is 79.9. The molecule has 1 aliphatic heterocycles. The Morgan fingerprint density at radius 2 is 2.06 bits per heavy atom. The topological polar surface area (TPSA) is 63.4 Å². The fraction of sp³-hybridized carbons (Fsp3) is 0.385. The minimum atomic E-state index is -0.408. The molecule has 2 N–H and O–H groups in total. The molecule has 2 rings (SSSR count). The second-order valence-corrected chi connectivity index (χ2v) is 5.55. The lowest BCUT2D eigenvalue weighted by molar-refractivity contribution is -0.123. The first-order valence-electron chi connectivity index (χ1n) is 5.76. The highest BCUT2D eigenvalue weighted by Crippen LogP contribution is 2.31. The first-order chi connectivity index (χ1) is 8.40. The number of hydrogen-bond donors (Lipinski definition) is 1. The average molecular weight is 311 g/mol. The van der Waals surface area contributed by atoms with E-state index in [1.165, 1.54) is 0 Å². The van der Waals surface area contributed by atoms with Crippen molar-refractivity contribution in [3.8, 4) is 0 Å². The predicted molar refractivity (Wildman–Crippen MR) is 73.3 cm³/mol. The molecule has 1 heterocycles. The standard InChI is InChI=1S/C13H15BrN2O2/c1-7-3-8(2)11(5-10(7)14)16-6-9(13(15)18)4-12(16)17/h3,5,9H,4,6H2,1-2H3,(H2,15,18). The van der Waals surface area contributed by atoms with Gasteiger partial charge in [-0.2, -0.15) is 0 Å². The molecule has 18 heavy (non-hydrogen) atoms. The molecule has 1 aliphatic rings. The molecule has 1 atom stereocenters. The summed E-state index contributed by atoms with van der Waals surface area (Å²) in [5.41, 5.74) is 8.26. The number of hydrogen-bond acceptors (Lipinski definition) is 2. The molecule has 1 aromatic carbocycles. The minimum absolute atomic E-state index is 0.0438. The molecule has 0 aliphatic carbocycles. The zero-order chi connectivity index (χ0) is 13.4. The molecule has 0 radical (unpaired) electrons. The molecule has 4 nitrogen and oxygen atoms in total. The summed E-state index contributed by atoms with van der Waals surface area (Å²) < 4.78 is 0.957. The number of nitrogens with zero attached hydrogens (tertiary/aromatic N) is 1. The van der Waals surface area contributed by atoms with Gasteiger partial charge in [0, 0.05) is 23.1 Å². The molecule has 1 aromatic rings. The van der Waals surface area contributed by atoms with E-state index in [1.807, 2.05) is 26.0 Å². The second-order valence-electron chi connectivity index (χ2n) is 4.70. The van der Waals surface area contributed by atoms with Crippen molar-refractivity contribution in [2.45, 2.75) is 20.3 Å². The normalized spacial score (nSPS) is 19.4. The van der Waals surface area contributed by atoms with E-state index in [0.717, 1.165) is 21.3 Å². The highest BCUT2D eigenvalue weighted by molar-refractivity contribution is 9.10. The predicted octanol–water partition coefficient (Wildman–Crippen LogP) is 1.90. The number of halogens is 1. The van der Waals surface area contributed by atoms with Crippen molar-refractivity contribution in [3.05, 3.63) is 27.7 Å². The first-order valence-corrected chi connectivity index (χ1v) is 6.56. The van der Waals surface area contributed by atoms with Crippen LogP contribution in [0.3, 0.4) is 0 Å². The lowest BCUT2D eigenvalue weighted by Gasteiger charge is -2.20. The first kappa shape index (κ1) is 13.1. The molecular weight excluding hydrogens is 296 g/mol. The Morgan fingerprint density at radius 3 is 2.61 bits per heavy atom. The van der Waals surface area contributed by atoms with Gasteiger partial charge in [0.25, 0.3) is 0 Å². The fourth-order valence-corrected chi connectivity index (χ4v) is 2.57. The van der Waals surface area contributed by atoms with Gasteiger partial charge in [0.1, 0.15) is 0 Å². The summed E-state index contributed by atoms with van der Waals surface area (Å²) in [5, 5.41) is 0. The quantitative estimate of drug-likeness (QED) is 0.907. The van der Waals surface area contributed by atoms with Crippen molar-refractivity contribution < 1.29 is 9.59 Å². The fourth-order valence-electron chi connectivity index (χ4n) is 2.24. The molecule has 1 saturated heterocycles. The van der Waals surface area contributed by atoms with E-state index in [9.17, 15) is 9.59 Å². The smallest absolute Gasteiger partial charge is 0.227 e. The van der Waals surface area contributed by atoms with E-state index in [2.05, 4.69) is 15.9 Å². The highest BCUT2D eigenvalue weighted by Gasteiger charge is 2.34. The summed E-state index contributed by atoms with van der Waals surface area (Å²) in [7, 11) is 0. The lowest BCUT2D eigenvalue weighted by atomic mass is 10.1. The molecule has 0 aromatic heterocycles. The molecule has 0 bridgehead atoms. The third-order valence-electron chi connectivity index (χ3n) is 3.30. The van der Waals surface area contributed by atoms with Crippen LogP contribution in [0.1, 0.15) is 17.5 Å². The van der Waals surface area contributed by atoms with Gasteiger partial charge < -0.3 is 10.6 Å². The van der Waals surface area contributed by atoms with Crippen LogP contribution in [0.5, 0.6) is 0 Å². The Morgan fingerprint density at radius 1 is 1.39 bits per heavy atom. The van der Waals surface area contributed by atoms with Gasteiger partial charge in [-0.1, -0.05) is 22.0 Å². The Balaban J connectivity index is 2.35. The van der Waals surface area contributed by atoms with Crippen LogP contribution in [0.15, 0.2) is 16.6 Å². The number of carbonyl (C=O) groups excluding carboxylic acids is 2. The number of rotatable bonds is 2. The Bertz CT molecular complexity index is 528. The number of primary amides is 1. The van der Waals surface area contributed by atoms with E-state index in [0.29, 0.717) is 6.54 Å². The van der Waals surface area contributed by atoms with Gasteiger partial charge in [-0.25, -0.2) is 0 Å². The van der Waals surface area contributed by atoms with Crippen LogP contribution < -0.4 is 10.6 Å². The molecule has 1 unspecified atom stereocenters. The van der Waals surface area contributed by atoms with Crippen LogP contribution in [0.4, 0.5) is 5.69 Å². The maximum Gasteiger partial charge on any atom is 0.227 e. The monoisotopic (exact) mass is 310 g/mol. The third-order valence-corrected chi connectivity index (χ3v) is 4.15. The summed E-state index contributed by atoms with van der Waals surface area (Å²) in [6, 6.07) is 3.94. The van der Waals surface area contributed by atoms with Crippen LogP contribution in [0.2, 0.25) is 0 Å². The Hall–Kier alpha value is -1.36. The van der Waals surface area contributed by atoms with Crippen LogP contribution in [-0.4, -0.2) is 18.4 Å². The van der Waals surface area contributed by atoms with E-state index in [1.54, 1.807) is 4.90 Å². The zero-order valence-electron chi connectivity index (χ0n) is 10.4. The van der Waals surface area contributed by atoms with Gasteiger partial charge in [-0.15, -0.1) is 0 Å². The number of anilines is 1. The Kier molecular flexibility index (Phi) is 3.43. The molecule has 96 valence electrons. The number of nitrogens with two attached hydrogens (primary N) is 1. The van der Waals surface area contributed by atoms with Crippen molar-refractivity contribution >= 4 is 33.4 Å². The van der Waals surface area contributed by atoms with Crippen molar-refractivity contribution in [1.29, 1.82) is 0 Å². The van der Waals surface area contributed by atoms with Crippen molar-refractivity contribution in [2.24, 2.45) is 11.7 Å². The van der Waals surface area contributed by atoms with Crippen molar-refractivity contribution in [3.63, 3.8) is 0 Å². The van der Waals surface area contributed by atoms with Crippen LogP contribution in [0.25, 0.3) is 0 Å². The summed E-state index contributed by atoms with van der Waals surface area (Å²) in [4.78, 5) is 24.8. The average Bonchev–Trinajstić information content (AvgIpc) is 2.66. The van der Waals surface area contributed by atoms with Crippen LogP contribution in [-0.2, 0) is 9.59 Å². The molecule has 0 spiro atoms. The summed E-state index contributed by atoms with van der Waals surface area (Å²) in [6.07, 6.45) is 0.209. The van der Waals surface area contributed by atoms with Gasteiger partial charge in [0.2, 0.25) is 11.8 Å². The molecule has 5 heteroatoms. The van der Waals surface area contributed by atoms with Crippen molar-refractivity contribution in [2.75, 3.05) is 11.4 Å². The maximum atomic E-state index is 11.9. The molecule has 1 fully saturated rings. The SMILES string of the molecule is Cc1cc(C)c(N2CC(C(N)=O)CC2=O)cc1Br. The minimum Gasteiger partial charge on any atom is -0.369 e. The lowest BCUT2D eigenvalue weighted by Crippen LogP contribution is -2.28. The van der Waals surface area contributed by atoms with Gasteiger partial charge >= 0.3 is 0 Å². The van der Waals surface area contributed by atoms with Crippen LogP contribution >= 0.6 is 15.9 Å². The second kappa shape index (κ2) is 4.72. The number of carbonyl (C=O) groups is 2.